The summed E-state index contributed by atoms with van der Waals surface area (Å²) in [4.78, 5) is 10.1. The fourth-order valence-electron chi connectivity index (χ4n) is 0.413. The third kappa shape index (κ3) is 3.77. The van der Waals surface area contributed by atoms with Gasteiger partial charge in [-0.2, -0.15) is 0 Å². The highest BCUT2D eigenvalue weighted by Gasteiger charge is 1.99. The third-order valence-corrected chi connectivity index (χ3v) is 0.723. The van der Waals surface area contributed by atoms with Crippen molar-refractivity contribution in [2.45, 2.75) is 13.8 Å². The van der Waals surface area contributed by atoms with Crippen molar-refractivity contribution in [2.24, 2.45) is 5.73 Å². The molecule has 0 aromatic rings. The number of nitrogens with two attached hydrogens (primary N) is 1. The first kappa shape index (κ1) is 8.81. The zero-order valence-electron chi connectivity index (χ0n) is 6.09. The molecule has 0 spiro atoms. The summed E-state index contributed by atoms with van der Waals surface area (Å²) < 4.78 is 9.26. The molecule has 0 fully saturated rings. The van der Waals surface area contributed by atoms with Crippen LogP contribution in [0, 0.1) is 0 Å². The van der Waals surface area contributed by atoms with Crippen LogP contribution >= 0.6 is 0 Å². The molecule has 4 heteroatoms. The van der Waals surface area contributed by atoms with Crippen molar-refractivity contribution < 1.29 is 14.3 Å². The normalized spacial score (nSPS) is 10.8. The smallest absolute Gasteiger partial charge is 0.412 e. The fourth-order valence-corrected chi connectivity index (χ4v) is 0.413. The van der Waals surface area contributed by atoms with Crippen LogP contribution < -0.4 is 5.73 Å². The lowest BCUT2D eigenvalue weighted by atomic mass is 10.7. The second kappa shape index (κ2) is 4.67. The van der Waals surface area contributed by atoms with Crippen LogP contribution in [0.2, 0.25) is 0 Å². The maximum atomic E-state index is 10.1. The van der Waals surface area contributed by atoms with Crippen LogP contribution in [-0.4, -0.2) is 12.7 Å². The molecule has 0 atom stereocenters. The molecule has 0 rings (SSSR count). The molecule has 0 aliphatic heterocycles. The highest BCUT2D eigenvalue weighted by Crippen LogP contribution is 1.97. The first-order chi connectivity index (χ1) is 4.70. The summed E-state index contributed by atoms with van der Waals surface area (Å²) in [6, 6.07) is 0. The van der Waals surface area contributed by atoms with Gasteiger partial charge in [-0.3, -0.25) is 0 Å². The summed E-state index contributed by atoms with van der Waals surface area (Å²) in [6.45, 7) is 3.93. The van der Waals surface area contributed by atoms with E-state index in [0.29, 0.717) is 6.61 Å². The third-order valence-electron chi connectivity index (χ3n) is 0.723. The average Bonchev–Trinajstić information content (AvgIpc) is 1.86. The van der Waals surface area contributed by atoms with Gasteiger partial charge >= 0.3 is 6.09 Å². The predicted molar refractivity (Wildman–Crippen MR) is 36.1 cm³/mol. The van der Waals surface area contributed by atoms with Gasteiger partial charge in [-0.1, -0.05) is 0 Å². The number of ether oxygens (including phenoxy) is 2. The minimum Gasteiger partial charge on any atom is -0.466 e. The van der Waals surface area contributed by atoms with Crippen LogP contribution in [0.3, 0.4) is 0 Å². The van der Waals surface area contributed by atoms with E-state index in [0.717, 1.165) is 0 Å². The van der Waals surface area contributed by atoms with Gasteiger partial charge in [0, 0.05) is 0 Å². The zero-order chi connectivity index (χ0) is 7.98. The number of rotatable bonds is 3. The van der Waals surface area contributed by atoms with Crippen molar-refractivity contribution in [2.75, 3.05) is 6.61 Å². The highest BCUT2D eigenvalue weighted by atomic mass is 16.7. The molecule has 0 saturated carbocycles. The predicted octanol–water partition coefficient (Wildman–Crippen LogP) is 0.980. The first-order valence-corrected chi connectivity index (χ1v) is 2.97. The molecule has 0 aromatic heterocycles. The molecule has 0 aromatic carbocycles. The molecule has 0 unspecified atom stereocenters. The van der Waals surface area contributed by atoms with Crippen LogP contribution in [0.1, 0.15) is 13.8 Å². The summed E-state index contributed by atoms with van der Waals surface area (Å²) in [5, 5.41) is 0. The Kier molecular flexibility index (Phi) is 4.11. The summed E-state index contributed by atoms with van der Waals surface area (Å²) >= 11 is 0. The van der Waals surface area contributed by atoms with Gasteiger partial charge in [-0.05, 0) is 19.9 Å². The second-order valence-electron chi connectivity index (χ2n) is 1.46. The lowest BCUT2D eigenvalue weighted by Gasteiger charge is -2.04. The monoisotopic (exact) mass is 145 g/mol. The lowest BCUT2D eigenvalue weighted by molar-refractivity contribution is 0.0771. The molecular formula is C6H11NO3. The van der Waals surface area contributed by atoms with Gasteiger partial charge in [0.05, 0.1) is 6.61 Å². The van der Waals surface area contributed by atoms with Crippen LogP contribution in [0.5, 0.6) is 0 Å². The molecule has 58 valence electrons. The number of primary amides is 1. The van der Waals surface area contributed by atoms with Crippen molar-refractivity contribution in [3.05, 3.63) is 12.0 Å². The Bertz CT molecular complexity index is 142. The van der Waals surface area contributed by atoms with E-state index in [-0.39, 0.29) is 5.95 Å². The minimum absolute atomic E-state index is 0.148. The summed E-state index contributed by atoms with van der Waals surface area (Å²) in [5.41, 5.74) is 4.72. The van der Waals surface area contributed by atoms with Crippen molar-refractivity contribution in [3.8, 4) is 0 Å². The standard InChI is InChI=1S/C6H11NO3/c1-3-5(9-4-2)10-6(7)8/h3H,4H2,1-2H3,(H2,7,8)/b5-3-. The molecule has 0 radical (unpaired) electrons. The number of carbonyl (C=O) groups excluding carboxylic acids is 1. The fraction of sp³-hybridized carbons (Fsp3) is 0.500. The van der Waals surface area contributed by atoms with Gasteiger partial charge in [-0.15, -0.1) is 0 Å². The topological polar surface area (TPSA) is 61.6 Å². The van der Waals surface area contributed by atoms with Gasteiger partial charge in [0.1, 0.15) is 0 Å². The molecule has 4 nitrogen and oxygen atoms in total. The summed E-state index contributed by atoms with van der Waals surface area (Å²) in [5.74, 6) is 0.148. The Labute approximate surface area is 59.6 Å². The van der Waals surface area contributed by atoms with E-state index < -0.39 is 6.09 Å². The molecule has 0 heterocycles. The SMILES string of the molecule is C/C=C(/OCC)OC(N)=O. The van der Waals surface area contributed by atoms with E-state index in [1.54, 1.807) is 13.8 Å². The van der Waals surface area contributed by atoms with Crippen LogP contribution in [0.15, 0.2) is 12.0 Å². The van der Waals surface area contributed by atoms with Gasteiger partial charge in [0.2, 0.25) is 0 Å². The number of hydrogen-bond acceptors (Lipinski definition) is 3. The van der Waals surface area contributed by atoms with E-state index in [2.05, 4.69) is 4.74 Å². The van der Waals surface area contributed by atoms with Gasteiger partial charge in [0.25, 0.3) is 5.95 Å². The highest BCUT2D eigenvalue weighted by molar-refractivity contribution is 5.65. The zero-order valence-corrected chi connectivity index (χ0v) is 6.09. The minimum atomic E-state index is -0.860. The maximum absolute atomic E-state index is 10.1. The van der Waals surface area contributed by atoms with Crippen molar-refractivity contribution in [3.63, 3.8) is 0 Å². The molecule has 10 heavy (non-hydrogen) atoms. The number of allylic oxidation sites excluding steroid dienone is 1. The average molecular weight is 145 g/mol. The maximum Gasteiger partial charge on any atom is 0.412 e. The van der Waals surface area contributed by atoms with Gasteiger partial charge in [0.15, 0.2) is 0 Å². The van der Waals surface area contributed by atoms with E-state index in [1.165, 1.54) is 6.08 Å². The van der Waals surface area contributed by atoms with Gasteiger partial charge in [-0.25, -0.2) is 4.79 Å². The molecule has 0 aliphatic carbocycles. The van der Waals surface area contributed by atoms with Crippen LogP contribution in [0.4, 0.5) is 4.79 Å². The lowest BCUT2D eigenvalue weighted by Crippen LogP contribution is -2.13. The Morgan fingerprint density at radius 2 is 2.30 bits per heavy atom. The van der Waals surface area contributed by atoms with Crippen LogP contribution in [0.25, 0.3) is 0 Å². The van der Waals surface area contributed by atoms with Crippen molar-refractivity contribution in [1.82, 2.24) is 0 Å². The summed E-state index contributed by atoms with van der Waals surface area (Å²) in [7, 11) is 0. The summed E-state index contributed by atoms with van der Waals surface area (Å²) in [6.07, 6.45) is 0.662. The number of hydrogen-bond donors (Lipinski definition) is 1. The Morgan fingerprint density at radius 1 is 1.70 bits per heavy atom. The number of amides is 1. The first-order valence-electron chi connectivity index (χ1n) is 2.97. The van der Waals surface area contributed by atoms with E-state index in [4.69, 9.17) is 10.5 Å². The van der Waals surface area contributed by atoms with Crippen LogP contribution in [-0.2, 0) is 9.47 Å². The largest absolute Gasteiger partial charge is 0.466 e. The van der Waals surface area contributed by atoms with Crippen molar-refractivity contribution in [1.29, 1.82) is 0 Å². The van der Waals surface area contributed by atoms with E-state index >= 15 is 0 Å². The van der Waals surface area contributed by atoms with E-state index in [1.807, 2.05) is 0 Å². The molecule has 0 aliphatic rings. The number of carbonyl (C=O) groups is 1. The molecule has 2 N–H and O–H groups in total. The van der Waals surface area contributed by atoms with Crippen molar-refractivity contribution >= 4 is 6.09 Å². The molecule has 1 amide bonds. The van der Waals surface area contributed by atoms with E-state index in [9.17, 15) is 4.79 Å². The Morgan fingerprint density at radius 3 is 2.60 bits per heavy atom. The molecule has 0 saturated heterocycles. The Hall–Kier alpha value is -1.19. The van der Waals surface area contributed by atoms with Gasteiger partial charge < -0.3 is 15.2 Å². The molecule has 0 bridgehead atoms. The Balaban J connectivity index is 3.73. The second-order valence-corrected chi connectivity index (χ2v) is 1.46. The molecular weight excluding hydrogens is 134 g/mol. The quantitative estimate of drug-likeness (QED) is 0.602.